The molecule has 0 atom stereocenters. The Kier molecular flexibility index (Phi) is 7.99. The van der Waals surface area contributed by atoms with E-state index in [2.05, 4.69) is 4.72 Å². The molecule has 0 saturated carbocycles. The lowest BCUT2D eigenvalue weighted by atomic mass is 10.1. The molecule has 0 bridgehead atoms. The summed E-state index contributed by atoms with van der Waals surface area (Å²) in [7, 11) is -5.21. The molecule has 9 heteroatoms. The van der Waals surface area contributed by atoms with Crippen molar-refractivity contribution in [1.82, 2.24) is 4.72 Å². The number of hydrogen-bond donors (Lipinski definition) is 1. The van der Waals surface area contributed by atoms with Gasteiger partial charge in [-0.1, -0.05) is 31.2 Å². The van der Waals surface area contributed by atoms with Crippen molar-refractivity contribution in [1.29, 1.82) is 0 Å². The summed E-state index contributed by atoms with van der Waals surface area (Å²) in [6.45, 7) is 2.15. The van der Waals surface area contributed by atoms with Crippen LogP contribution in [0.1, 0.15) is 18.1 Å². The first-order chi connectivity index (χ1) is 13.3. The SMILES string of the molecule is CCS(=O)(=O)CCOc1ccc(S(=O)(=O)NCc2ccccc2COC)cc1. The van der Waals surface area contributed by atoms with Gasteiger partial charge in [0.25, 0.3) is 0 Å². The third-order valence-corrected chi connectivity index (χ3v) is 7.19. The van der Waals surface area contributed by atoms with E-state index in [1.54, 1.807) is 14.0 Å². The average molecular weight is 428 g/mol. The average Bonchev–Trinajstić information content (AvgIpc) is 2.68. The van der Waals surface area contributed by atoms with E-state index in [1.165, 1.54) is 24.3 Å². The van der Waals surface area contributed by atoms with Gasteiger partial charge in [0.15, 0.2) is 9.84 Å². The Hall–Kier alpha value is -1.94. The number of methoxy groups -OCH3 is 1. The van der Waals surface area contributed by atoms with E-state index in [1.807, 2.05) is 24.3 Å². The van der Waals surface area contributed by atoms with Crippen molar-refractivity contribution in [2.75, 3.05) is 25.2 Å². The van der Waals surface area contributed by atoms with Crippen molar-refractivity contribution < 1.29 is 26.3 Å². The van der Waals surface area contributed by atoms with Crippen molar-refractivity contribution in [3.63, 3.8) is 0 Å². The summed E-state index contributed by atoms with van der Waals surface area (Å²) >= 11 is 0. The summed E-state index contributed by atoms with van der Waals surface area (Å²) in [6.07, 6.45) is 0. The number of ether oxygens (including phenoxy) is 2. The smallest absolute Gasteiger partial charge is 0.240 e. The largest absolute Gasteiger partial charge is 0.493 e. The number of nitrogens with one attached hydrogen (secondary N) is 1. The molecule has 0 fully saturated rings. The van der Waals surface area contributed by atoms with Crippen LogP contribution < -0.4 is 9.46 Å². The molecule has 0 spiro atoms. The lowest BCUT2D eigenvalue weighted by molar-refractivity contribution is 0.184. The molecule has 2 rings (SSSR count). The first kappa shape index (κ1) is 22.4. The van der Waals surface area contributed by atoms with Crippen LogP contribution in [0.25, 0.3) is 0 Å². The maximum absolute atomic E-state index is 12.5. The van der Waals surface area contributed by atoms with Gasteiger partial charge < -0.3 is 9.47 Å². The Morgan fingerprint density at radius 2 is 1.57 bits per heavy atom. The van der Waals surface area contributed by atoms with E-state index in [-0.39, 0.29) is 29.6 Å². The Balaban J connectivity index is 1.98. The van der Waals surface area contributed by atoms with Gasteiger partial charge in [-0.15, -0.1) is 0 Å². The van der Waals surface area contributed by atoms with Crippen LogP contribution in [0.15, 0.2) is 53.4 Å². The molecule has 0 radical (unpaired) electrons. The molecule has 0 unspecified atom stereocenters. The Bertz CT molecular complexity index is 970. The molecular formula is C19H25NO6S2. The number of sulfonamides is 1. The summed E-state index contributed by atoms with van der Waals surface area (Å²) in [5.74, 6) is 0.398. The lowest BCUT2D eigenvalue weighted by Gasteiger charge is -2.11. The summed E-state index contributed by atoms with van der Waals surface area (Å²) in [4.78, 5) is 0.102. The van der Waals surface area contributed by atoms with Gasteiger partial charge in [0.05, 0.1) is 17.3 Å². The van der Waals surface area contributed by atoms with Crippen molar-refractivity contribution in [2.24, 2.45) is 0 Å². The summed E-state index contributed by atoms with van der Waals surface area (Å²) in [5.41, 5.74) is 1.75. The number of benzene rings is 2. The van der Waals surface area contributed by atoms with Crippen LogP contribution in [0, 0.1) is 0 Å². The zero-order chi connectivity index (χ0) is 20.6. The zero-order valence-electron chi connectivity index (χ0n) is 15.9. The predicted octanol–water partition coefficient (Wildman–Crippen LogP) is 2.12. The molecule has 0 aromatic heterocycles. The van der Waals surface area contributed by atoms with E-state index >= 15 is 0 Å². The molecule has 1 N–H and O–H groups in total. The van der Waals surface area contributed by atoms with Gasteiger partial charge in [-0.25, -0.2) is 21.6 Å². The third kappa shape index (κ3) is 6.59. The summed E-state index contributed by atoms with van der Waals surface area (Å²) in [5, 5.41) is 0. The fourth-order valence-electron chi connectivity index (χ4n) is 2.43. The Morgan fingerprint density at radius 3 is 2.18 bits per heavy atom. The van der Waals surface area contributed by atoms with Crippen LogP contribution in [0.2, 0.25) is 0 Å². The number of sulfone groups is 1. The molecule has 7 nitrogen and oxygen atoms in total. The highest BCUT2D eigenvalue weighted by molar-refractivity contribution is 7.91. The molecular weight excluding hydrogens is 402 g/mol. The van der Waals surface area contributed by atoms with Crippen LogP contribution in [-0.4, -0.2) is 42.1 Å². The maximum Gasteiger partial charge on any atom is 0.240 e. The van der Waals surface area contributed by atoms with Crippen LogP contribution in [0.3, 0.4) is 0 Å². The molecule has 0 aliphatic heterocycles. The van der Waals surface area contributed by atoms with Crippen LogP contribution >= 0.6 is 0 Å². The Morgan fingerprint density at radius 1 is 0.929 bits per heavy atom. The van der Waals surface area contributed by atoms with Gasteiger partial charge in [0.2, 0.25) is 10.0 Å². The van der Waals surface area contributed by atoms with Crippen LogP contribution in [0.5, 0.6) is 5.75 Å². The van der Waals surface area contributed by atoms with E-state index in [0.29, 0.717) is 12.4 Å². The molecule has 0 heterocycles. The van der Waals surface area contributed by atoms with Gasteiger partial charge >= 0.3 is 0 Å². The monoisotopic (exact) mass is 427 g/mol. The van der Waals surface area contributed by atoms with Crippen LogP contribution in [-0.2, 0) is 37.7 Å². The minimum Gasteiger partial charge on any atom is -0.493 e. The second-order valence-electron chi connectivity index (χ2n) is 6.08. The minimum absolute atomic E-state index is 0.0246. The summed E-state index contributed by atoms with van der Waals surface area (Å²) < 4.78 is 61.0. The van der Waals surface area contributed by atoms with Gasteiger partial charge in [-0.05, 0) is 35.4 Å². The molecule has 2 aromatic rings. The standard InChI is InChI=1S/C19H25NO6S2/c1-3-27(21,22)13-12-26-18-8-10-19(11-9-18)28(23,24)20-14-16-6-4-5-7-17(16)15-25-2/h4-11,20H,3,12-15H2,1-2H3. The Labute approximate surface area is 166 Å². The van der Waals surface area contributed by atoms with Gasteiger partial charge in [0, 0.05) is 19.4 Å². The van der Waals surface area contributed by atoms with E-state index in [0.717, 1.165) is 11.1 Å². The predicted molar refractivity (Wildman–Crippen MR) is 107 cm³/mol. The lowest BCUT2D eigenvalue weighted by Crippen LogP contribution is -2.23. The normalized spacial score (nSPS) is 12.1. The minimum atomic E-state index is -3.70. The molecule has 2 aromatic carbocycles. The van der Waals surface area contributed by atoms with Crippen molar-refractivity contribution >= 4 is 19.9 Å². The van der Waals surface area contributed by atoms with Gasteiger partial charge in [-0.2, -0.15) is 0 Å². The van der Waals surface area contributed by atoms with Crippen molar-refractivity contribution in [3.05, 3.63) is 59.7 Å². The second-order valence-corrected chi connectivity index (χ2v) is 10.3. The topological polar surface area (TPSA) is 98.8 Å². The van der Waals surface area contributed by atoms with E-state index in [9.17, 15) is 16.8 Å². The molecule has 28 heavy (non-hydrogen) atoms. The molecule has 154 valence electrons. The highest BCUT2D eigenvalue weighted by atomic mass is 32.2. The number of hydrogen-bond acceptors (Lipinski definition) is 6. The molecule has 0 amide bonds. The number of rotatable bonds is 11. The fraction of sp³-hybridized carbons (Fsp3) is 0.368. The van der Waals surface area contributed by atoms with E-state index in [4.69, 9.17) is 9.47 Å². The fourth-order valence-corrected chi connectivity index (χ4v) is 4.06. The molecule has 0 aliphatic carbocycles. The second kappa shape index (κ2) is 10.0. The maximum atomic E-state index is 12.5. The zero-order valence-corrected chi connectivity index (χ0v) is 17.6. The first-order valence-electron chi connectivity index (χ1n) is 8.76. The third-order valence-electron chi connectivity index (χ3n) is 4.11. The van der Waals surface area contributed by atoms with Crippen LogP contribution in [0.4, 0.5) is 0 Å². The van der Waals surface area contributed by atoms with Crippen molar-refractivity contribution in [3.8, 4) is 5.75 Å². The highest BCUT2D eigenvalue weighted by Crippen LogP contribution is 2.17. The quantitative estimate of drug-likeness (QED) is 0.590. The van der Waals surface area contributed by atoms with E-state index < -0.39 is 19.9 Å². The highest BCUT2D eigenvalue weighted by Gasteiger charge is 2.15. The van der Waals surface area contributed by atoms with Gasteiger partial charge in [-0.3, -0.25) is 0 Å². The first-order valence-corrected chi connectivity index (χ1v) is 12.1. The van der Waals surface area contributed by atoms with Gasteiger partial charge in [0.1, 0.15) is 12.4 Å². The summed E-state index contributed by atoms with van der Waals surface area (Å²) in [6, 6.07) is 13.3. The molecule has 0 saturated heterocycles. The van der Waals surface area contributed by atoms with Crippen molar-refractivity contribution in [2.45, 2.75) is 25.0 Å². The molecule has 0 aliphatic rings.